The van der Waals surface area contributed by atoms with Gasteiger partial charge in [-0.1, -0.05) is 17.7 Å². The van der Waals surface area contributed by atoms with E-state index in [1.807, 2.05) is 0 Å². The highest BCUT2D eigenvalue weighted by Gasteiger charge is 2.45. The van der Waals surface area contributed by atoms with Crippen LogP contribution in [0.25, 0.3) is 0 Å². The number of nitrogens with one attached hydrogen (secondary N) is 1. The van der Waals surface area contributed by atoms with Crippen LogP contribution in [-0.2, 0) is 0 Å². The van der Waals surface area contributed by atoms with Crippen LogP contribution in [0.3, 0.4) is 0 Å². The first-order chi connectivity index (χ1) is 11.6. The van der Waals surface area contributed by atoms with Gasteiger partial charge in [0.1, 0.15) is 6.17 Å². The zero-order valence-electron chi connectivity index (χ0n) is 12.9. The molecule has 0 bridgehead atoms. The van der Waals surface area contributed by atoms with Gasteiger partial charge in [0, 0.05) is 10.6 Å². The van der Waals surface area contributed by atoms with Crippen molar-refractivity contribution in [3.8, 4) is 11.5 Å². The summed E-state index contributed by atoms with van der Waals surface area (Å²) in [6.07, 6.45) is -0.575. The van der Waals surface area contributed by atoms with Gasteiger partial charge in [0.15, 0.2) is 11.5 Å². The number of benzene rings is 2. The Balaban J connectivity index is 1.94. The standard InChI is InChI=1S/C17H13ClN2O4/c1-23-12-6-4-9-13(14(12)24-2)17(22)20-11-5-3-8(18)7-10(11)16(21)19-15(9)20/h3-7,15H,1-2H3,(H,19,21). The number of methoxy groups -OCH3 is 2. The third kappa shape index (κ3) is 1.83. The zero-order valence-corrected chi connectivity index (χ0v) is 13.7. The van der Waals surface area contributed by atoms with Crippen LogP contribution in [0.15, 0.2) is 30.3 Å². The van der Waals surface area contributed by atoms with Crippen molar-refractivity contribution in [2.75, 3.05) is 19.1 Å². The lowest BCUT2D eigenvalue weighted by atomic mass is 10.0. The van der Waals surface area contributed by atoms with E-state index >= 15 is 0 Å². The van der Waals surface area contributed by atoms with Crippen LogP contribution in [0, 0.1) is 0 Å². The molecule has 1 N–H and O–H groups in total. The first-order valence-corrected chi connectivity index (χ1v) is 7.63. The minimum absolute atomic E-state index is 0.255. The molecule has 0 radical (unpaired) electrons. The maximum atomic E-state index is 13.0. The molecule has 0 saturated carbocycles. The minimum Gasteiger partial charge on any atom is -0.493 e. The lowest BCUT2D eigenvalue weighted by Gasteiger charge is -2.32. The molecule has 2 aliphatic rings. The zero-order chi connectivity index (χ0) is 17.0. The van der Waals surface area contributed by atoms with Crippen LogP contribution < -0.4 is 19.7 Å². The van der Waals surface area contributed by atoms with Crippen molar-refractivity contribution in [2.45, 2.75) is 6.17 Å². The SMILES string of the molecule is COc1ccc2c(c1OC)C(=O)N1c3ccc(Cl)cc3C(=O)NC21. The summed E-state index contributed by atoms with van der Waals surface area (Å²) in [7, 11) is 2.99. The average Bonchev–Trinajstić information content (AvgIpc) is 2.87. The average molecular weight is 345 g/mol. The second-order valence-corrected chi connectivity index (χ2v) is 5.91. The van der Waals surface area contributed by atoms with Crippen LogP contribution >= 0.6 is 11.6 Å². The van der Waals surface area contributed by atoms with E-state index in [1.165, 1.54) is 14.2 Å². The molecule has 2 aliphatic heterocycles. The molecule has 2 aromatic rings. The highest BCUT2D eigenvalue weighted by molar-refractivity contribution is 6.31. The first kappa shape index (κ1) is 14.8. The third-order valence-electron chi connectivity index (χ3n) is 4.29. The monoisotopic (exact) mass is 344 g/mol. The number of nitrogens with zero attached hydrogens (tertiary/aromatic N) is 1. The van der Waals surface area contributed by atoms with Gasteiger partial charge < -0.3 is 14.8 Å². The molecule has 1 atom stereocenters. The van der Waals surface area contributed by atoms with E-state index in [1.54, 1.807) is 35.2 Å². The summed E-state index contributed by atoms with van der Waals surface area (Å²) in [5.74, 6) is 0.296. The minimum atomic E-state index is -0.575. The summed E-state index contributed by atoms with van der Waals surface area (Å²) >= 11 is 5.98. The summed E-state index contributed by atoms with van der Waals surface area (Å²) in [5.41, 5.74) is 1.96. The second-order valence-electron chi connectivity index (χ2n) is 5.48. The van der Waals surface area contributed by atoms with E-state index in [0.29, 0.717) is 38.9 Å². The topological polar surface area (TPSA) is 67.9 Å². The maximum absolute atomic E-state index is 13.0. The van der Waals surface area contributed by atoms with Crippen LogP contribution in [-0.4, -0.2) is 26.0 Å². The predicted octanol–water partition coefficient (Wildman–Crippen LogP) is 2.76. The number of amides is 2. The Kier molecular flexibility index (Phi) is 3.18. The lowest BCUT2D eigenvalue weighted by molar-refractivity contribution is 0.0912. The van der Waals surface area contributed by atoms with Crippen LogP contribution in [0.2, 0.25) is 5.02 Å². The van der Waals surface area contributed by atoms with E-state index < -0.39 is 6.17 Å². The van der Waals surface area contributed by atoms with Gasteiger partial charge in [0.05, 0.1) is 31.0 Å². The molecule has 2 aromatic carbocycles. The van der Waals surface area contributed by atoms with Crippen LogP contribution in [0.5, 0.6) is 11.5 Å². The molecule has 0 fully saturated rings. The first-order valence-electron chi connectivity index (χ1n) is 7.25. The molecule has 1 unspecified atom stereocenters. The van der Waals surface area contributed by atoms with Crippen molar-refractivity contribution in [3.63, 3.8) is 0 Å². The maximum Gasteiger partial charge on any atom is 0.264 e. The highest BCUT2D eigenvalue weighted by Crippen LogP contribution is 2.46. The number of halogens is 1. The number of hydrogen-bond donors (Lipinski definition) is 1. The van der Waals surface area contributed by atoms with E-state index in [-0.39, 0.29) is 11.8 Å². The second kappa shape index (κ2) is 5.14. The molecule has 2 heterocycles. The number of carbonyl (C=O) groups is 2. The number of fused-ring (bicyclic) bond motifs is 5. The summed E-state index contributed by atoms with van der Waals surface area (Å²) in [6, 6.07) is 8.37. The Hall–Kier alpha value is -2.73. The predicted molar refractivity (Wildman–Crippen MR) is 88.0 cm³/mol. The molecule has 4 rings (SSSR count). The molecular formula is C17H13ClN2O4. The fraction of sp³-hybridized carbons (Fsp3) is 0.176. The third-order valence-corrected chi connectivity index (χ3v) is 4.53. The van der Waals surface area contributed by atoms with Crippen molar-refractivity contribution in [1.82, 2.24) is 5.32 Å². The van der Waals surface area contributed by atoms with E-state index in [0.717, 1.165) is 0 Å². The van der Waals surface area contributed by atoms with Gasteiger partial charge >= 0.3 is 0 Å². The Morgan fingerprint density at radius 2 is 1.92 bits per heavy atom. The number of rotatable bonds is 2. The Morgan fingerprint density at radius 3 is 2.62 bits per heavy atom. The molecule has 6 nitrogen and oxygen atoms in total. The van der Waals surface area contributed by atoms with Crippen LogP contribution in [0.4, 0.5) is 5.69 Å². The fourth-order valence-electron chi connectivity index (χ4n) is 3.26. The van der Waals surface area contributed by atoms with Crippen molar-refractivity contribution in [3.05, 3.63) is 52.0 Å². The summed E-state index contributed by atoms with van der Waals surface area (Å²) < 4.78 is 10.7. The van der Waals surface area contributed by atoms with E-state index in [4.69, 9.17) is 21.1 Å². The van der Waals surface area contributed by atoms with Gasteiger partial charge in [0.2, 0.25) is 0 Å². The lowest BCUT2D eigenvalue weighted by Crippen LogP contribution is -2.45. The summed E-state index contributed by atoms with van der Waals surface area (Å²) in [6.45, 7) is 0. The van der Waals surface area contributed by atoms with E-state index in [2.05, 4.69) is 5.32 Å². The number of anilines is 1. The van der Waals surface area contributed by atoms with Gasteiger partial charge in [-0.2, -0.15) is 0 Å². The smallest absolute Gasteiger partial charge is 0.264 e. The Bertz CT molecular complexity index is 896. The van der Waals surface area contributed by atoms with Crippen molar-refractivity contribution < 1.29 is 19.1 Å². The van der Waals surface area contributed by atoms with Gasteiger partial charge in [-0.05, 0) is 24.3 Å². The molecule has 0 saturated heterocycles. The van der Waals surface area contributed by atoms with Gasteiger partial charge in [-0.3, -0.25) is 14.5 Å². The van der Waals surface area contributed by atoms with Crippen molar-refractivity contribution in [2.24, 2.45) is 0 Å². The van der Waals surface area contributed by atoms with Gasteiger partial charge in [-0.25, -0.2) is 0 Å². The number of hydrogen-bond acceptors (Lipinski definition) is 4. The van der Waals surface area contributed by atoms with Gasteiger partial charge in [-0.15, -0.1) is 0 Å². The molecular weight excluding hydrogens is 332 g/mol. The molecule has 7 heteroatoms. The number of ether oxygens (including phenoxy) is 2. The Labute approximate surface area is 142 Å². The van der Waals surface area contributed by atoms with Crippen molar-refractivity contribution >= 4 is 29.1 Å². The van der Waals surface area contributed by atoms with Crippen LogP contribution in [0.1, 0.15) is 32.4 Å². The van der Waals surface area contributed by atoms with E-state index in [9.17, 15) is 9.59 Å². The molecule has 0 spiro atoms. The molecule has 2 amide bonds. The largest absolute Gasteiger partial charge is 0.493 e. The van der Waals surface area contributed by atoms with Crippen molar-refractivity contribution in [1.29, 1.82) is 0 Å². The summed E-state index contributed by atoms with van der Waals surface area (Å²) in [5, 5.41) is 3.28. The van der Waals surface area contributed by atoms with Gasteiger partial charge in [0.25, 0.3) is 11.8 Å². The molecule has 0 aromatic heterocycles. The molecule has 122 valence electrons. The molecule has 0 aliphatic carbocycles. The quantitative estimate of drug-likeness (QED) is 0.909. The normalized spacial score (nSPS) is 17.8. The molecule has 24 heavy (non-hydrogen) atoms. The Morgan fingerprint density at radius 1 is 1.12 bits per heavy atom. The highest BCUT2D eigenvalue weighted by atomic mass is 35.5. The number of carbonyl (C=O) groups excluding carboxylic acids is 2. The summed E-state index contributed by atoms with van der Waals surface area (Å²) in [4.78, 5) is 27.0. The fourth-order valence-corrected chi connectivity index (χ4v) is 3.43.